The van der Waals surface area contributed by atoms with Crippen LogP contribution in [0, 0.1) is 0 Å². The largest absolute Gasteiger partial charge is 0.481 e. The van der Waals surface area contributed by atoms with E-state index in [1.807, 2.05) is 60.0 Å². The molecule has 33 heavy (non-hydrogen) atoms. The van der Waals surface area contributed by atoms with Gasteiger partial charge in [0.05, 0.1) is 10.2 Å². The normalized spacial score (nSPS) is 13.0. The van der Waals surface area contributed by atoms with Crippen LogP contribution in [0.5, 0.6) is 0 Å². The van der Waals surface area contributed by atoms with Gasteiger partial charge in [0.2, 0.25) is 5.91 Å². The smallest absolute Gasteiger partial charge is 0.407 e. The van der Waals surface area contributed by atoms with Crippen molar-refractivity contribution in [1.29, 1.82) is 0 Å². The molecule has 9 heteroatoms. The van der Waals surface area contributed by atoms with Crippen molar-refractivity contribution in [1.82, 2.24) is 10.6 Å². The van der Waals surface area contributed by atoms with Crippen LogP contribution in [0.1, 0.15) is 29.0 Å². The zero-order valence-corrected chi connectivity index (χ0v) is 19.8. The first-order valence-corrected chi connectivity index (χ1v) is 11.9. The molecule has 2 amide bonds. The van der Waals surface area contributed by atoms with Crippen LogP contribution in [0.4, 0.5) is 4.79 Å². The molecule has 1 atom stereocenters. The van der Waals surface area contributed by atoms with Crippen molar-refractivity contribution in [2.45, 2.75) is 24.9 Å². The lowest BCUT2D eigenvalue weighted by atomic mass is 9.98. The Morgan fingerprint density at radius 1 is 1.06 bits per heavy atom. The Bertz CT molecular complexity index is 1150. The van der Waals surface area contributed by atoms with Gasteiger partial charge in [0, 0.05) is 12.5 Å². The maximum Gasteiger partial charge on any atom is 0.407 e. The van der Waals surface area contributed by atoms with E-state index in [0.29, 0.717) is 0 Å². The van der Waals surface area contributed by atoms with E-state index >= 15 is 0 Å². The molecule has 4 rings (SSSR count). The molecule has 1 heterocycles. The maximum atomic E-state index is 12.5. The van der Waals surface area contributed by atoms with Crippen LogP contribution in [-0.4, -0.2) is 35.7 Å². The first-order chi connectivity index (χ1) is 15.9. The Labute approximate surface area is 202 Å². The highest BCUT2D eigenvalue weighted by Gasteiger charge is 2.30. The molecule has 1 aromatic heterocycles. The standard InChI is InChI=1S/C24H21BrN2O5S/c25-21-9-14(13-33-21)11-26-23(30)20(10-22(28)29)27-24(31)32-12-19-17-7-3-1-5-15(17)16-6-2-4-8-18(16)19/h1-9,13,19-20H,10-12H2,(H,26,30)(H,27,31)(H,28,29). The Morgan fingerprint density at radius 3 is 2.27 bits per heavy atom. The number of fused-ring (bicyclic) bond motifs is 3. The van der Waals surface area contributed by atoms with Gasteiger partial charge in [-0.15, -0.1) is 11.3 Å². The number of amides is 2. The van der Waals surface area contributed by atoms with E-state index in [9.17, 15) is 19.5 Å². The van der Waals surface area contributed by atoms with Crippen molar-refractivity contribution >= 4 is 45.2 Å². The average Bonchev–Trinajstić information content (AvgIpc) is 3.36. The highest BCUT2D eigenvalue weighted by Crippen LogP contribution is 2.44. The second-order valence-electron chi connectivity index (χ2n) is 7.60. The minimum atomic E-state index is -1.25. The fourth-order valence-electron chi connectivity index (χ4n) is 3.92. The van der Waals surface area contributed by atoms with Gasteiger partial charge in [-0.1, -0.05) is 48.5 Å². The van der Waals surface area contributed by atoms with Crippen LogP contribution in [0.25, 0.3) is 11.1 Å². The molecule has 0 aliphatic heterocycles. The number of hydrogen-bond donors (Lipinski definition) is 3. The number of halogens is 1. The van der Waals surface area contributed by atoms with Crippen molar-refractivity contribution < 1.29 is 24.2 Å². The van der Waals surface area contributed by atoms with Crippen LogP contribution < -0.4 is 10.6 Å². The van der Waals surface area contributed by atoms with E-state index < -0.39 is 30.4 Å². The molecule has 0 radical (unpaired) electrons. The van der Waals surface area contributed by atoms with E-state index in [4.69, 9.17) is 4.74 Å². The molecule has 1 aliphatic carbocycles. The summed E-state index contributed by atoms with van der Waals surface area (Å²) in [6.45, 7) is 0.299. The number of carbonyl (C=O) groups excluding carboxylic acids is 2. The van der Waals surface area contributed by atoms with Gasteiger partial charge in [0.15, 0.2) is 0 Å². The first kappa shape index (κ1) is 23.0. The number of carboxylic acid groups (broad SMARTS) is 1. The maximum absolute atomic E-state index is 12.5. The molecule has 0 saturated heterocycles. The molecule has 0 spiro atoms. The van der Waals surface area contributed by atoms with Crippen molar-refractivity contribution in [2.75, 3.05) is 6.61 Å². The van der Waals surface area contributed by atoms with Crippen LogP contribution in [0.2, 0.25) is 0 Å². The van der Waals surface area contributed by atoms with Gasteiger partial charge in [0.1, 0.15) is 12.6 Å². The first-order valence-electron chi connectivity index (χ1n) is 10.3. The van der Waals surface area contributed by atoms with Gasteiger partial charge in [-0.25, -0.2) is 4.79 Å². The van der Waals surface area contributed by atoms with Crippen molar-refractivity contribution in [2.24, 2.45) is 0 Å². The zero-order chi connectivity index (χ0) is 23.4. The molecular weight excluding hydrogens is 508 g/mol. The van der Waals surface area contributed by atoms with Crippen molar-refractivity contribution in [3.63, 3.8) is 0 Å². The third-order valence-corrected chi connectivity index (χ3v) is 6.97. The second-order valence-corrected chi connectivity index (χ2v) is 9.89. The lowest BCUT2D eigenvalue weighted by molar-refractivity contribution is -0.139. The molecule has 7 nitrogen and oxygen atoms in total. The molecule has 0 saturated carbocycles. The van der Waals surface area contributed by atoms with E-state index in [0.717, 1.165) is 31.6 Å². The number of rotatable bonds is 8. The van der Waals surface area contributed by atoms with Gasteiger partial charge < -0.3 is 20.5 Å². The second kappa shape index (κ2) is 10.2. The summed E-state index contributed by atoms with van der Waals surface area (Å²) in [5, 5.41) is 16.1. The molecule has 170 valence electrons. The fourth-order valence-corrected chi connectivity index (χ4v) is 5.13. The number of ether oxygens (including phenoxy) is 1. The number of hydrogen-bond acceptors (Lipinski definition) is 5. The monoisotopic (exact) mass is 528 g/mol. The molecule has 1 aliphatic rings. The SMILES string of the molecule is O=C(O)CC(NC(=O)OCC1c2ccccc2-c2ccccc21)C(=O)NCc1csc(Br)c1. The quantitative estimate of drug-likeness (QED) is 0.399. The van der Waals surface area contributed by atoms with Crippen LogP contribution in [-0.2, 0) is 20.9 Å². The predicted molar refractivity (Wildman–Crippen MR) is 128 cm³/mol. The summed E-state index contributed by atoms with van der Waals surface area (Å²) in [5.74, 6) is -1.92. The van der Waals surface area contributed by atoms with E-state index in [2.05, 4.69) is 26.6 Å². The van der Waals surface area contributed by atoms with E-state index in [-0.39, 0.29) is 19.1 Å². The van der Waals surface area contributed by atoms with E-state index in [1.54, 1.807) is 0 Å². The number of alkyl carbamates (subject to hydrolysis) is 1. The molecule has 0 bridgehead atoms. The highest BCUT2D eigenvalue weighted by atomic mass is 79.9. The molecule has 1 unspecified atom stereocenters. The third kappa shape index (κ3) is 5.43. The van der Waals surface area contributed by atoms with Crippen LogP contribution in [0.3, 0.4) is 0 Å². The average molecular weight is 529 g/mol. The molecule has 3 N–H and O–H groups in total. The lowest BCUT2D eigenvalue weighted by Crippen LogP contribution is -2.48. The summed E-state index contributed by atoms with van der Waals surface area (Å²) in [5.41, 5.74) is 5.20. The van der Waals surface area contributed by atoms with E-state index in [1.165, 1.54) is 11.3 Å². The Morgan fingerprint density at radius 2 is 1.70 bits per heavy atom. The minimum Gasteiger partial charge on any atom is -0.481 e. The van der Waals surface area contributed by atoms with Crippen molar-refractivity contribution in [3.8, 4) is 11.1 Å². The number of aliphatic carboxylic acids is 1. The van der Waals surface area contributed by atoms with Gasteiger partial charge in [-0.05, 0) is 55.2 Å². The molecule has 3 aromatic rings. The Hall–Kier alpha value is -3.17. The topological polar surface area (TPSA) is 105 Å². The summed E-state index contributed by atoms with van der Waals surface area (Å²) in [4.78, 5) is 36.3. The number of benzene rings is 2. The third-order valence-electron chi connectivity index (χ3n) is 5.42. The number of carboxylic acids is 1. The van der Waals surface area contributed by atoms with Gasteiger partial charge in [0.25, 0.3) is 0 Å². The van der Waals surface area contributed by atoms with Gasteiger partial charge in [-0.3, -0.25) is 9.59 Å². The van der Waals surface area contributed by atoms with Crippen LogP contribution >= 0.6 is 27.3 Å². The fraction of sp³-hybridized carbons (Fsp3) is 0.208. The molecule has 2 aromatic carbocycles. The number of thiophene rings is 1. The Balaban J connectivity index is 1.38. The van der Waals surface area contributed by atoms with Crippen molar-refractivity contribution in [3.05, 3.63) is 80.5 Å². The summed E-state index contributed by atoms with van der Waals surface area (Å²) in [6, 6.07) is 16.5. The molecular formula is C24H21BrN2O5S. The number of nitrogens with one attached hydrogen (secondary N) is 2. The minimum absolute atomic E-state index is 0.0736. The summed E-state index contributed by atoms with van der Waals surface area (Å²) >= 11 is 4.83. The highest BCUT2D eigenvalue weighted by molar-refractivity contribution is 9.11. The summed E-state index contributed by atoms with van der Waals surface area (Å²) < 4.78 is 6.36. The lowest BCUT2D eigenvalue weighted by Gasteiger charge is -2.18. The number of carbonyl (C=O) groups is 3. The molecule has 0 fully saturated rings. The zero-order valence-electron chi connectivity index (χ0n) is 17.4. The van der Waals surface area contributed by atoms with Gasteiger partial charge >= 0.3 is 12.1 Å². The Kier molecular flexibility index (Phi) is 7.10. The van der Waals surface area contributed by atoms with Gasteiger partial charge in [-0.2, -0.15) is 0 Å². The predicted octanol–water partition coefficient (Wildman–Crippen LogP) is 4.51. The van der Waals surface area contributed by atoms with Crippen LogP contribution in [0.15, 0.2) is 63.8 Å². The summed E-state index contributed by atoms with van der Waals surface area (Å²) in [7, 11) is 0. The summed E-state index contributed by atoms with van der Waals surface area (Å²) in [6.07, 6.45) is -1.39.